The molecule has 5 nitrogen and oxygen atoms in total. The van der Waals surface area contributed by atoms with Crippen molar-refractivity contribution in [2.45, 2.75) is 17.6 Å². The van der Waals surface area contributed by atoms with Crippen molar-refractivity contribution >= 4 is 0 Å². The average molecular weight is 481 g/mol. The maximum Gasteiger partial charge on any atom is 0.115 e. The Bertz CT molecular complexity index is 1230. The number of ether oxygens (including phenoxy) is 3. The standard InChI is InChI=1S/C25H18O2.C6H10O3/c26-19-13-9-17(10-14-19)25(18-11-15-20(27)16-12-18)23-7-3-1-5-21(23)22-6-2-4-8-24(22)25;1(5-3-8-5)7-2-6-4-9-6/h1-16,26-27H;5-6H,1-4H2. The van der Waals surface area contributed by atoms with Gasteiger partial charge in [0.1, 0.15) is 23.7 Å². The lowest BCUT2D eigenvalue weighted by Gasteiger charge is -2.33. The minimum atomic E-state index is -0.491. The molecule has 2 saturated heterocycles. The van der Waals surface area contributed by atoms with Crippen LogP contribution in [0.3, 0.4) is 0 Å². The fraction of sp³-hybridized carbons (Fsp3) is 0.226. The van der Waals surface area contributed by atoms with Crippen LogP contribution in [0.1, 0.15) is 22.3 Å². The summed E-state index contributed by atoms with van der Waals surface area (Å²) in [5, 5.41) is 19.7. The van der Waals surface area contributed by atoms with Crippen molar-refractivity contribution < 1.29 is 24.4 Å². The molecule has 182 valence electrons. The van der Waals surface area contributed by atoms with E-state index in [1.165, 1.54) is 22.3 Å². The van der Waals surface area contributed by atoms with E-state index >= 15 is 0 Å². The predicted molar refractivity (Wildman–Crippen MR) is 137 cm³/mol. The number of fused-ring (bicyclic) bond motifs is 3. The van der Waals surface area contributed by atoms with Crippen molar-refractivity contribution in [3.63, 3.8) is 0 Å². The van der Waals surface area contributed by atoms with E-state index in [2.05, 4.69) is 48.5 Å². The number of benzene rings is 4. The second-order valence-electron chi connectivity index (χ2n) is 9.38. The zero-order valence-corrected chi connectivity index (χ0v) is 19.8. The van der Waals surface area contributed by atoms with E-state index in [1.807, 2.05) is 24.3 Å². The highest BCUT2D eigenvalue weighted by molar-refractivity contribution is 5.86. The minimum absolute atomic E-state index is 0.249. The zero-order chi connectivity index (χ0) is 24.5. The zero-order valence-electron chi connectivity index (χ0n) is 19.8. The molecule has 4 aromatic rings. The van der Waals surface area contributed by atoms with Gasteiger partial charge in [-0.25, -0.2) is 0 Å². The Hall–Kier alpha value is -3.64. The summed E-state index contributed by atoms with van der Waals surface area (Å²) in [6.45, 7) is 3.26. The number of rotatable bonds is 6. The van der Waals surface area contributed by atoms with Gasteiger partial charge in [0.05, 0.1) is 31.8 Å². The molecule has 5 heteroatoms. The molecule has 2 unspecified atom stereocenters. The molecule has 36 heavy (non-hydrogen) atoms. The Morgan fingerprint density at radius 3 is 1.39 bits per heavy atom. The fourth-order valence-electron chi connectivity index (χ4n) is 5.11. The summed E-state index contributed by atoms with van der Waals surface area (Å²) >= 11 is 0. The molecular weight excluding hydrogens is 452 g/mol. The van der Waals surface area contributed by atoms with E-state index in [0.29, 0.717) is 12.2 Å². The fourth-order valence-corrected chi connectivity index (χ4v) is 5.11. The van der Waals surface area contributed by atoms with Gasteiger partial charge in [0.25, 0.3) is 0 Å². The van der Waals surface area contributed by atoms with Crippen molar-refractivity contribution in [1.82, 2.24) is 0 Å². The molecule has 3 aliphatic rings. The second-order valence-corrected chi connectivity index (χ2v) is 9.38. The summed E-state index contributed by atoms with van der Waals surface area (Å²) < 4.78 is 15.1. The van der Waals surface area contributed by atoms with Crippen molar-refractivity contribution in [1.29, 1.82) is 0 Å². The summed E-state index contributed by atoms with van der Waals surface area (Å²) in [7, 11) is 0. The highest BCUT2D eigenvalue weighted by Crippen LogP contribution is 2.56. The van der Waals surface area contributed by atoms with E-state index in [9.17, 15) is 10.2 Å². The third-order valence-corrected chi connectivity index (χ3v) is 6.97. The maximum absolute atomic E-state index is 9.85. The SMILES string of the molecule is C(OCC1CO1)C1CO1.Oc1ccc(C2(c3ccc(O)cc3)c3ccccc3-c3ccccc32)cc1. The number of phenolic OH excluding ortho intramolecular Hbond substituents is 2. The first kappa shape index (κ1) is 22.8. The highest BCUT2D eigenvalue weighted by Gasteiger charge is 2.45. The molecule has 7 rings (SSSR count). The molecule has 0 radical (unpaired) electrons. The van der Waals surface area contributed by atoms with Crippen LogP contribution < -0.4 is 0 Å². The van der Waals surface area contributed by atoms with E-state index in [4.69, 9.17) is 14.2 Å². The summed E-state index contributed by atoms with van der Waals surface area (Å²) in [5.41, 5.74) is 6.54. The van der Waals surface area contributed by atoms with E-state index in [-0.39, 0.29) is 11.5 Å². The van der Waals surface area contributed by atoms with Gasteiger partial charge >= 0.3 is 0 Å². The molecule has 0 spiro atoms. The summed E-state index contributed by atoms with van der Waals surface area (Å²) in [4.78, 5) is 0. The molecule has 0 saturated carbocycles. The number of phenols is 2. The first-order valence-corrected chi connectivity index (χ1v) is 12.3. The van der Waals surface area contributed by atoms with Crippen molar-refractivity contribution in [3.8, 4) is 22.6 Å². The molecule has 2 N–H and O–H groups in total. The Kier molecular flexibility index (Phi) is 5.97. The van der Waals surface area contributed by atoms with Crippen LogP contribution in [-0.2, 0) is 19.6 Å². The summed E-state index contributed by atoms with van der Waals surface area (Å²) in [5.74, 6) is 0.498. The topological polar surface area (TPSA) is 74.8 Å². The normalized spacial score (nSPS) is 20.0. The molecule has 0 bridgehead atoms. The van der Waals surface area contributed by atoms with Crippen LogP contribution in [0, 0.1) is 0 Å². The summed E-state index contributed by atoms with van der Waals surface area (Å²) in [6.07, 6.45) is 0.785. The van der Waals surface area contributed by atoms with Gasteiger partial charge < -0.3 is 24.4 Å². The smallest absolute Gasteiger partial charge is 0.115 e. The third-order valence-electron chi connectivity index (χ3n) is 6.97. The largest absolute Gasteiger partial charge is 0.508 e. The van der Waals surface area contributed by atoms with Crippen LogP contribution in [0.25, 0.3) is 11.1 Å². The lowest BCUT2D eigenvalue weighted by Crippen LogP contribution is -2.28. The summed E-state index contributed by atoms with van der Waals surface area (Å²) in [6, 6.07) is 31.9. The van der Waals surface area contributed by atoms with Crippen LogP contribution in [0.5, 0.6) is 11.5 Å². The molecule has 0 aromatic heterocycles. The van der Waals surface area contributed by atoms with Crippen molar-refractivity contribution in [2.24, 2.45) is 0 Å². The molecular formula is C31H28O5. The lowest BCUT2D eigenvalue weighted by atomic mass is 9.68. The minimum Gasteiger partial charge on any atom is -0.508 e. The Labute approximate surface area is 210 Å². The monoisotopic (exact) mass is 480 g/mol. The first-order valence-electron chi connectivity index (χ1n) is 12.3. The first-order chi connectivity index (χ1) is 17.7. The molecule has 2 atom stereocenters. The van der Waals surface area contributed by atoms with Crippen LogP contribution in [0.15, 0.2) is 97.1 Å². The third kappa shape index (κ3) is 4.26. The molecule has 2 heterocycles. The molecule has 2 aliphatic heterocycles. The number of hydrogen-bond acceptors (Lipinski definition) is 5. The molecule has 1 aliphatic carbocycles. The van der Waals surface area contributed by atoms with Crippen LogP contribution in [-0.4, -0.2) is 48.8 Å². The van der Waals surface area contributed by atoms with Gasteiger partial charge in [-0.05, 0) is 57.6 Å². The van der Waals surface area contributed by atoms with E-state index in [0.717, 1.165) is 37.6 Å². The van der Waals surface area contributed by atoms with Crippen molar-refractivity contribution in [2.75, 3.05) is 26.4 Å². The second kappa shape index (κ2) is 9.43. The van der Waals surface area contributed by atoms with Gasteiger partial charge in [0, 0.05) is 0 Å². The quantitative estimate of drug-likeness (QED) is 0.324. The predicted octanol–water partition coefficient (Wildman–Crippen LogP) is 5.26. The van der Waals surface area contributed by atoms with Gasteiger partial charge in [0.2, 0.25) is 0 Å². The number of epoxide rings is 2. The molecule has 0 amide bonds. The Morgan fingerprint density at radius 2 is 1.00 bits per heavy atom. The number of aromatic hydroxyl groups is 2. The van der Waals surface area contributed by atoms with E-state index in [1.54, 1.807) is 24.3 Å². The Morgan fingerprint density at radius 1 is 0.611 bits per heavy atom. The highest BCUT2D eigenvalue weighted by atomic mass is 16.6. The Balaban J connectivity index is 0.000000223. The molecule has 4 aromatic carbocycles. The number of hydrogen-bond donors (Lipinski definition) is 2. The van der Waals surface area contributed by atoms with E-state index < -0.39 is 5.41 Å². The van der Waals surface area contributed by atoms with Gasteiger partial charge in [-0.1, -0.05) is 72.8 Å². The van der Waals surface area contributed by atoms with Gasteiger partial charge in [-0.15, -0.1) is 0 Å². The van der Waals surface area contributed by atoms with Crippen LogP contribution >= 0.6 is 0 Å². The molecule has 2 fully saturated rings. The van der Waals surface area contributed by atoms with Crippen LogP contribution in [0.4, 0.5) is 0 Å². The lowest BCUT2D eigenvalue weighted by molar-refractivity contribution is 0.102. The van der Waals surface area contributed by atoms with Crippen LogP contribution in [0.2, 0.25) is 0 Å². The average Bonchev–Trinajstić information content (AvgIpc) is 3.85. The van der Waals surface area contributed by atoms with Gasteiger partial charge in [-0.2, -0.15) is 0 Å². The van der Waals surface area contributed by atoms with Crippen molar-refractivity contribution in [3.05, 3.63) is 119 Å². The van der Waals surface area contributed by atoms with Gasteiger partial charge in [-0.3, -0.25) is 0 Å². The maximum atomic E-state index is 9.85. The van der Waals surface area contributed by atoms with Gasteiger partial charge in [0.15, 0.2) is 0 Å².